The van der Waals surface area contributed by atoms with Gasteiger partial charge < -0.3 is 9.64 Å². The summed E-state index contributed by atoms with van der Waals surface area (Å²) in [5, 5.41) is 0. The number of rotatable bonds is 3. The molecule has 0 N–H and O–H groups in total. The fourth-order valence-corrected chi connectivity index (χ4v) is 3.68. The van der Waals surface area contributed by atoms with E-state index in [0.29, 0.717) is 17.1 Å². The van der Waals surface area contributed by atoms with Crippen LogP contribution in [0.5, 0.6) is 0 Å². The van der Waals surface area contributed by atoms with Crippen LogP contribution in [0.3, 0.4) is 0 Å². The first-order valence-electron chi connectivity index (χ1n) is 8.47. The molecule has 122 valence electrons. The molecule has 6 nitrogen and oxygen atoms in total. The maximum atomic E-state index is 12.6. The van der Waals surface area contributed by atoms with Crippen molar-refractivity contribution < 1.29 is 4.74 Å². The highest BCUT2D eigenvalue weighted by atomic mass is 16.5. The van der Waals surface area contributed by atoms with Gasteiger partial charge in [-0.05, 0) is 37.8 Å². The molecule has 0 radical (unpaired) electrons. The van der Waals surface area contributed by atoms with Gasteiger partial charge >= 0.3 is 0 Å². The van der Waals surface area contributed by atoms with Crippen LogP contribution in [0.1, 0.15) is 31.7 Å². The molecule has 2 aromatic rings. The lowest BCUT2D eigenvalue weighted by molar-refractivity contribution is 0.0604. The maximum absolute atomic E-state index is 12.6. The summed E-state index contributed by atoms with van der Waals surface area (Å²) in [4.78, 5) is 23.7. The normalized spacial score (nSPS) is 23.6. The number of aromatic nitrogens is 3. The van der Waals surface area contributed by atoms with Gasteiger partial charge in [0.05, 0.1) is 17.9 Å². The van der Waals surface area contributed by atoms with E-state index in [1.165, 1.54) is 12.8 Å². The average molecular weight is 314 g/mol. The molecule has 4 heterocycles. The van der Waals surface area contributed by atoms with Gasteiger partial charge in [0.1, 0.15) is 0 Å². The number of fused-ring (bicyclic) bond motifs is 1. The molecule has 0 saturated carbocycles. The second-order valence-corrected chi connectivity index (χ2v) is 6.49. The summed E-state index contributed by atoms with van der Waals surface area (Å²) in [5.41, 5.74) is 1.12. The largest absolute Gasteiger partial charge is 0.377 e. The smallest absolute Gasteiger partial charge is 0.280 e. The zero-order valence-corrected chi connectivity index (χ0v) is 13.2. The SMILES string of the molecule is O=c1c2ncccc2ncn1C1CCN(CC2CCCO2)CC1. The van der Waals surface area contributed by atoms with Gasteiger partial charge in [0.2, 0.25) is 0 Å². The van der Waals surface area contributed by atoms with Crippen molar-refractivity contribution in [2.45, 2.75) is 37.8 Å². The van der Waals surface area contributed by atoms with E-state index in [1.54, 1.807) is 17.1 Å². The monoisotopic (exact) mass is 314 g/mol. The Morgan fingerprint density at radius 2 is 2.09 bits per heavy atom. The highest BCUT2D eigenvalue weighted by Gasteiger charge is 2.25. The Balaban J connectivity index is 1.46. The summed E-state index contributed by atoms with van der Waals surface area (Å²) in [6, 6.07) is 3.86. The Kier molecular flexibility index (Phi) is 4.10. The minimum atomic E-state index is -0.0202. The number of pyridine rings is 1. The molecular weight excluding hydrogens is 292 g/mol. The summed E-state index contributed by atoms with van der Waals surface area (Å²) in [5.74, 6) is 0. The van der Waals surface area contributed by atoms with Gasteiger partial charge in [0, 0.05) is 38.5 Å². The van der Waals surface area contributed by atoms with Crippen LogP contribution in [-0.2, 0) is 4.74 Å². The minimum absolute atomic E-state index is 0.0202. The van der Waals surface area contributed by atoms with Crippen LogP contribution in [0.2, 0.25) is 0 Å². The fourth-order valence-electron chi connectivity index (χ4n) is 3.68. The molecular formula is C17H22N4O2. The molecule has 0 bridgehead atoms. The van der Waals surface area contributed by atoms with Crippen LogP contribution in [0.4, 0.5) is 0 Å². The standard InChI is InChI=1S/C17H22N4O2/c22-17-16-15(4-1-7-18-16)19-12-21(17)13-5-8-20(9-6-13)11-14-3-2-10-23-14/h1,4,7,12-14H,2-3,5-6,8-11H2. The summed E-state index contributed by atoms with van der Waals surface area (Å²) >= 11 is 0. The van der Waals surface area contributed by atoms with E-state index in [-0.39, 0.29) is 11.6 Å². The van der Waals surface area contributed by atoms with Crippen molar-refractivity contribution in [3.63, 3.8) is 0 Å². The molecule has 4 rings (SSSR count). The first-order valence-corrected chi connectivity index (χ1v) is 8.47. The topological polar surface area (TPSA) is 60.2 Å². The number of nitrogens with zero attached hydrogens (tertiary/aromatic N) is 4. The van der Waals surface area contributed by atoms with Crippen molar-refractivity contribution in [1.82, 2.24) is 19.4 Å². The third kappa shape index (κ3) is 3.01. The first kappa shape index (κ1) is 14.8. The lowest BCUT2D eigenvalue weighted by Crippen LogP contribution is -2.41. The summed E-state index contributed by atoms with van der Waals surface area (Å²) in [7, 11) is 0. The van der Waals surface area contributed by atoms with Crippen molar-refractivity contribution in [2.75, 3.05) is 26.2 Å². The van der Waals surface area contributed by atoms with E-state index in [9.17, 15) is 4.79 Å². The quantitative estimate of drug-likeness (QED) is 0.861. The number of piperidine rings is 1. The Morgan fingerprint density at radius 1 is 1.22 bits per heavy atom. The molecule has 2 aliphatic rings. The van der Waals surface area contributed by atoms with Crippen LogP contribution in [0, 0.1) is 0 Å². The van der Waals surface area contributed by atoms with Gasteiger partial charge in [-0.1, -0.05) is 0 Å². The van der Waals surface area contributed by atoms with Gasteiger partial charge in [0.15, 0.2) is 5.52 Å². The molecule has 0 spiro atoms. The Morgan fingerprint density at radius 3 is 2.87 bits per heavy atom. The van der Waals surface area contributed by atoms with Crippen LogP contribution in [0.25, 0.3) is 11.0 Å². The number of hydrogen-bond donors (Lipinski definition) is 0. The molecule has 6 heteroatoms. The third-order valence-corrected chi connectivity index (χ3v) is 4.98. The Labute approximate surface area is 135 Å². The van der Waals surface area contributed by atoms with Gasteiger partial charge in [-0.2, -0.15) is 0 Å². The van der Waals surface area contributed by atoms with Gasteiger partial charge in [0.25, 0.3) is 5.56 Å². The second kappa shape index (κ2) is 6.37. The van der Waals surface area contributed by atoms with E-state index in [4.69, 9.17) is 4.74 Å². The van der Waals surface area contributed by atoms with Gasteiger partial charge in [-0.15, -0.1) is 0 Å². The first-order chi connectivity index (χ1) is 11.3. The number of hydrogen-bond acceptors (Lipinski definition) is 5. The summed E-state index contributed by atoms with van der Waals surface area (Å²) in [6.45, 7) is 3.96. The zero-order valence-electron chi connectivity index (χ0n) is 13.2. The zero-order chi connectivity index (χ0) is 15.6. The van der Waals surface area contributed by atoms with E-state index in [1.807, 2.05) is 12.1 Å². The lowest BCUT2D eigenvalue weighted by atomic mass is 10.0. The molecule has 0 aliphatic carbocycles. The predicted octanol–water partition coefficient (Wildman–Crippen LogP) is 1.61. The minimum Gasteiger partial charge on any atom is -0.377 e. The Bertz CT molecular complexity index is 731. The molecule has 0 aromatic carbocycles. The molecule has 2 fully saturated rings. The van der Waals surface area contributed by atoms with Crippen LogP contribution >= 0.6 is 0 Å². The number of likely N-dealkylation sites (tertiary alicyclic amines) is 1. The lowest BCUT2D eigenvalue weighted by Gasteiger charge is -2.33. The highest BCUT2D eigenvalue weighted by Crippen LogP contribution is 2.23. The van der Waals surface area contributed by atoms with E-state index in [2.05, 4.69) is 14.9 Å². The third-order valence-electron chi connectivity index (χ3n) is 4.98. The fraction of sp³-hybridized carbons (Fsp3) is 0.588. The molecule has 23 heavy (non-hydrogen) atoms. The summed E-state index contributed by atoms with van der Waals surface area (Å²) in [6.07, 6.45) is 8.07. The van der Waals surface area contributed by atoms with E-state index >= 15 is 0 Å². The molecule has 2 aliphatic heterocycles. The van der Waals surface area contributed by atoms with Crippen molar-refractivity contribution in [3.8, 4) is 0 Å². The van der Waals surface area contributed by atoms with E-state index < -0.39 is 0 Å². The second-order valence-electron chi connectivity index (χ2n) is 6.49. The summed E-state index contributed by atoms with van der Waals surface area (Å²) < 4.78 is 7.50. The van der Waals surface area contributed by atoms with Crippen molar-refractivity contribution in [1.29, 1.82) is 0 Å². The maximum Gasteiger partial charge on any atom is 0.280 e. The predicted molar refractivity (Wildman–Crippen MR) is 87.5 cm³/mol. The molecule has 1 unspecified atom stereocenters. The number of ether oxygens (including phenoxy) is 1. The van der Waals surface area contributed by atoms with E-state index in [0.717, 1.165) is 39.1 Å². The molecule has 1 atom stereocenters. The van der Waals surface area contributed by atoms with Crippen LogP contribution < -0.4 is 5.56 Å². The van der Waals surface area contributed by atoms with Gasteiger partial charge in [-0.25, -0.2) is 9.97 Å². The molecule has 0 amide bonds. The average Bonchev–Trinajstić information content (AvgIpc) is 3.09. The van der Waals surface area contributed by atoms with Crippen molar-refractivity contribution in [3.05, 3.63) is 35.0 Å². The Hall–Kier alpha value is -1.79. The molecule has 2 saturated heterocycles. The highest BCUT2D eigenvalue weighted by molar-refractivity contribution is 5.71. The molecule has 2 aromatic heterocycles. The van der Waals surface area contributed by atoms with Crippen molar-refractivity contribution in [2.24, 2.45) is 0 Å². The van der Waals surface area contributed by atoms with Crippen LogP contribution in [0.15, 0.2) is 29.5 Å². The van der Waals surface area contributed by atoms with Crippen LogP contribution in [-0.4, -0.2) is 51.8 Å². The van der Waals surface area contributed by atoms with Crippen molar-refractivity contribution >= 4 is 11.0 Å². The van der Waals surface area contributed by atoms with Gasteiger partial charge in [-0.3, -0.25) is 9.36 Å².